The van der Waals surface area contributed by atoms with Gasteiger partial charge in [-0.3, -0.25) is 4.90 Å². The van der Waals surface area contributed by atoms with Crippen LogP contribution in [0.2, 0.25) is 0 Å². The number of aromatic nitrogens is 1. The van der Waals surface area contributed by atoms with Gasteiger partial charge in [0.2, 0.25) is 0 Å². The lowest BCUT2D eigenvalue weighted by molar-refractivity contribution is 0.249. The normalized spacial score (nSPS) is 9.41. The number of nitrogens with zero attached hydrogens (tertiary/aromatic N) is 2. The molecule has 0 aliphatic rings. The Kier molecular flexibility index (Phi) is 4.86. The second-order valence-corrected chi connectivity index (χ2v) is 4.09. The predicted octanol–water partition coefficient (Wildman–Crippen LogP) is 1.65. The molecule has 2 amide bonds. The summed E-state index contributed by atoms with van der Waals surface area (Å²) in [6.07, 6.45) is 0. The van der Waals surface area contributed by atoms with E-state index in [9.17, 15) is 4.79 Å². The summed E-state index contributed by atoms with van der Waals surface area (Å²) >= 11 is 1.50. The van der Waals surface area contributed by atoms with Crippen molar-refractivity contribution in [1.29, 1.82) is 0 Å². The number of fused-ring (bicyclic) bond motifs is 1. The molecular weight excluding hydrogens is 236 g/mol. The summed E-state index contributed by atoms with van der Waals surface area (Å²) in [5, 5.41) is 3.27. The standard InChI is InChI=1S/C10H11N3OS.CH5N/c1-11-9(14)13(2)10-12-7-5-3-4-6-8(7)15-10;1-2/h3-6H,1-2H3,(H,11,14);2H2,1H3. The number of para-hydroxylation sites is 1. The molecule has 92 valence electrons. The Balaban J connectivity index is 0.000000686. The number of amides is 2. The third-order valence-electron chi connectivity index (χ3n) is 2.09. The number of carbonyl (C=O) groups excluding carboxylic acids is 1. The Morgan fingerprint density at radius 1 is 1.41 bits per heavy atom. The van der Waals surface area contributed by atoms with Gasteiger partial charge in [0.05, 0.1) is 10.2 Å². The number of carbonyl (C=O) groups is 1. The van der Waals surface area contributed by atoms with Gasteiger partial charge in [-0.05, 0) is 19.2 Å². The molecule has 1 heterocycles. The van der Waals surface area contributed by atoms with Crippen LogP contribution < -0.4 is 16.0 Å². The lowest BCUT2D eigenvalue weighted by atomic mass is 10.3. The minimum absolute atomic E-state index is 0.158. The van der Waals surface area contributed by atoms with Crippen molar-refractivity contribution in [2.45, 2.75) is 0 Å². The number of urea groups is 1. The summed E-state index contributed by atoms with van der Waals surface area (Å²) in [5.41, 5.74) is 5.42. The molecule has 0 aliphatic carbocycles. The van der Waals surface area contributed by atoms with Crippen LogP contribution in [0.25, 0.3) is 10.2 Å². The van der Waals surface area contributed by atoms with E-state index in [-0.39, 0.29) is 6.03 Å². The van der Waals surface area contributed by atoms with Crippen LogP contribution in [0.5, 0.6) is 0 Å². The number of hydrogen-bond acceptors (Lipinski definition) is 4. The zero-order valence-corrected chi connectivity index (χ0v) is 10.9. The highest BCUT2D eigenvalue weighted by Crippen LogP contribution is 2.27. The molecule has 0 saturated heterocycles. The fraction of sp³-hybridized carbons (Fsp3) is 0.273. The van der Waals surface area contributed by atoms with E-state index in [2.05, 4.69) is 16.0 Å². The molecule has 2 rings (SSSR count). The van der Waals surface area contributed by atoms with E-state index >= 15 is 0 Å². The Morgan fingerprint density at radius 2 is 2.06 bits per heavy atom. The monoisotopic (exact) mass is 252 g/mol. The van der Waals surface area contributed by atoms with Gasteiger partial charge in [-0.2, -0.15) is 0 Å². The molecular formula is C11H16N4OS. The van der Waals surface area contributed by atoms with Crippen molar-refractivity contribution in [3.05, 3.63) is 24.3 Å². The Morgan fingerprint density at radius 3 is 2.65 bits per heavy atom. The van der Waals surface area contributed by atoms with Gasteiger partial charge in [-0.1, -0.05) is 23.5 Å². The average molecular weight is 252 g/mol. The van der Waals surface area contributed by atoms with Crippen molar-refractivity contribution in [1.82, 2.24) is 10.3 Å². The van der Waals surface area contributed by atoms with Gasteiger partial charge in [0.15, 0.2) is 5.13 Å². The molecule has 6 heteroatoms. The number of nitrogens with two attached hydrogens (primary N) is 1. The van der Waals surface area contributed by atoms with E-state index in [0.29, 0.717) is 5.13 Å². The average Bonchev–Trinajstić information content (AvgIpc) is 2.83. The van der Waals surface area contributed by atoms with E-state index in [0.717, 1.165) is 10.2 Å². The lowest BCUT2D eigenvalue weighted by Gasteiger charge is -2.11. The summed E-state index contributed by atoms with van der Waals surface area (Å²) < 4.78 is 1.09. The molecule has 1 aromatic carbocycles. The highest BCUT2D eigenvalue weighted by atomic mass is 32.1. The van der Waals surface area contributed by atoms with Crippen molar-refractivity contribution < 1.29 is 4.79 Å². The van der Waals surface area contributed by atoms with Gasteiger partial charge in [0.25, 0.3) is 0 Å². The largest absolute Gasteiger partial charge is 0.341 e. The number of nitrogens with one attached hydrogen (secondary N) is 1. The van der Waals surface area contributed by atoms with E-state index in [1.165, 1.54) is 23.3 Å². The molecule has 0 unspecified atom stereocenters. The quantitative estimate of drug-likeness (QED) is 0.810. The smallest absolute Gasteiger partial charge is 0.323 e. The predicted molar refractivity (Wildman–Crippen MR) is 72.6 cm³/mol. The van der Waals surface area contributed by atoms with Crippen LogP contribution in [0.4, 0.5) is 9.93 Å². The van der Waals surface area contributed by atoms with E-state index < -0.39 is 0 Å². The van der Waals surface area contributed by atoms with Gasteiger partial charge in [0.1, 0.15) is 0 Å². The molecule has 0 bridgehead atoms. The zero-order valence-electron chi connectivity index (χ0n) is 10.1. The van der Waals surface area contributed by atoms with Crippen LogP contribution in [-0.4, -0.2) is 32.2 Å². The van der Waals surface area contributed by atoms with Gasteiger partial charge in [-0.25, -0.2) is 9.78 Å². The van der Waals surface area contributed by atoms with Crippen LogP contribution in [-0.2, 0) is 0 Å². The maximum absolute atomic E-state index is 11.4. The van der Waals surface area contributed by atoms with Gasteiger partial charge in [0, 0.05) is 14.1 Å². The summed E-state index contributed by atoms with van der Waals surface area (Å²) in [5.74, 6) is 0. The second kappa shape index (κ2) is 6.17. The highest BCUT2D eigenvalue weighted by Gasteiger charge is 2.12. The van der Waals surface area contributed by atoms with Crippen LogP contribution in [0.15, 0.2) is 24.3 Å². The Hall–Kier alpha value is -1.66. The first-order valence-electron chi connectivity index (χ1n) is 5.11. The molecule has 0 aliphatic heterocycles. The topological polar surface area (TPSA) is 71.2 Å². The lowest BCUT2D eigenvalue weighted by Crippen LogP contribution is -2.34. The van der Waals surface area contributed by atoms with Crippen molar-refractivity contribution in [2.75, 3.05) is 26.0 Å². The van der Waals surface area contributed by atoms with Crippen molar-refractivity contribution >= 4 is 32.7 Å². The molecule has 0 spiro atoms. The molecule has 5 nitrogen and oxygen atoms in total. The first kappa shape index (κ1) is 13.4. The zero-order chi connectivity index (χ0) is 12.8. The maximum atomic E-state index is 11.4. The van der Waals surface area contributed by atoms with Crippen molar-refractivity contribution in [3.63, 3.8) is 0 Å². The molecule has 0 fully saturated rings. The van der Waals surface area contributed by atoms with Crippen LogP contribution in [0.1, 0.15) is 0 Å². The molecule has 0 atom stereocenters. The molecule has 17 heavy (non-hydrogen) atoms. The van der Waals surface area contributed by atoms with Crippen LogP contribution >= 0.6 is 11.3 Å². The summed E-state index contributed by atoms with van der Waals surface area (Å²) in [7, 11) is 4.81. The molecule has 0 radical (unpaired) electrons. The third kappa shape index (κ3) is 2.92. The highest BCUT2D eigenvalue weighted by molar-refractivity contribution is 7.22. The number of anilines is 1. The Bertz CT molecular complexity index is 464. The van der Waals surface area contributed by atoms with Crippen LogP contribution in [0, 0.1) is 0 Å². The van der Waals surface area contributed by atoms with Crippen LogP contribution in [0.3, 0.4) is 0 Å². The summed E-state index contributed by atoms with van der Waals surface area (Å²) in [6.45, 7) is 0. The van der Waals surface area contributed by atoms with Gasteiger partial charge in [-0.15, -0.1) is 0 Å². The fourth-order valence-corrected chi connectivity index (χ4v) is 2.18. The van der Waals surface area contributed by atoms with E-state index in [4.69, 9.17) is 0 Å². The SMILES string of the molecule is CN.CNC(=O)N(C)c1nc2ccccc2s1. The van der Waals surface area contributed by atoms with Crippen molar-refractivity contribution in [2.24, 2.45) is 5.73 Å². The van der Waals surface area contributed by atoms with Gasteiger partial charge >= 0.3 is 6.03 Å². The van der Waals surface area contributed by atoms with E-state index in [1.807, 2.05) is 24.3 Å². The maximum Gasteiger partial charge on any atom is 0.323 e. The number of rotatable bonds is 1. The fourth-order valence-electron chi connectivity index (χ4n) is 1.26. The third-order valence-corrected chi connectivity index (χ3v) is 3.20. The molecule has 3 N–H and O–H groups in total. The first-order valence-corrected chi connectivity index (χ1v) is 5.93. The molecule has 0 saturated carbocycles. The summed E-state index contributed by atoms with van der Waals surface area (Å²) in [6, 6.07) is 7.67. The number of thiazole rings is 1. The summed E-state index contributed by atoms with van der Waals surface area (Å²) in [4.78, 5) is 17.2. The molecule has 2 aromatic rings. The van der Waals surface area contributed by atoms with E-state index in [1.54, 1.807) is 14.1 Å². The van der Waals surface area contributed by atoms with Crippen molar-refractivity contribution in [3.8, 4) is 0 Å². The first-order chi connectivity index (χ1) is 8.22. The van der Waals surface area contributed by atoms with Gasteiger partial charge < -0.3 is 11.1 Å². The second-order valence-electron chi connectivity index (χ2n) is 3.08. The molecule has 1 aromatic heterocycles. The number of benzene rings is 1. The Labute approximate surface area is 104 Å². The minimum atomic E-state index is -0.158. The minimum Gasteiger partial charge on any atom is -0.341 e. The number of hydrogen-bond donors (Lipinski definition) is 2.